The summed E-state index contributed by atoms with van der Waals surface area (Å²) in [5.41, 5.74) is 1.02. The Kier molecular flexibility index (Phi) is 4.31. The Balaban J connectivity index is 1.63. The molecule has 1 aliphatic heterocycles. The lowest BCUT2D eigenvalue weighted by molar-refractivity contribution is -0.119. The van der Waals surface area contributed by atoms with E-state index >= 15 is 0 Å². The van der Waals surface area contributed by atoms with Crippen molar-refractivity contribution in [2.24, 2.45) is 18.0 Å². The van der Waals surface area contributed by atoms with Crippen molar-refractivity contribution in [1.82, 2.24) is 4.57 Å². The Morgan fingerprint density at radius 1 is 1.21 bits per heavy atom. The third-order valence-corrected chi connectivity index (χ3v) is 5.98. The van der Waals surface area contributed by atoms with Crippen LogP contribution in [0, 0.1) is 5.92 Å². The van der Waals surface area contributed by atoms with Crippen LogP contribution in [0.2, 0.25) is 0 Å². The van der Waals surface area contributed by atoms with Crippen LogP contribution in [-0.2, 0) is 11.8 Å². The van der Waals surface area contributed by atoms with E-state index in [4.69, 9.17) is 9.47 Å². The van der Waals surface area contributed by atoms with Gasteiger partial charge in [0.1, 0.15) is 13.2 Å². The Labute approximate surface area is 144 Å². The smallest absolute Gasteiger partial charge is 0.248 e. The zero-order valence-corrected chi connectivity index (χ0v) is 14.7. The van der Waals surface area contributed by atoms with Gasteiger partial charge in [0.25, 0.3) is 0 Å². The van der Waals surface area contributed by atoms with E-state index in [1.807, 2.05) is 23.7 Å². The fourth-order valence-electron chi connectivity index (χ4n) is 3.56. The molecule has 0 radical (unpaired) electrons. The molecule has 0 saturated heterocycles. The Bertz CT molecular complexity index is 831. The SMILES string of the molecule is Cn1c(=NC(=O)CC2CCCCC2)sc2cc3c(cc21)OCCO3. The molecule has 6 heteroatoms. The molecule has 128 valence electrons. The number of carbonyl (C=O) groups is 1. The number of ether oxygens (including phenoxy) is 2. The highest BCUT2D eigenvalue weighted by Gasteiger charge is 2.18. The third-order valence-electron chi connectivity index (χ3n) is 4.88. The number of hydrogen-bond acceptors (Lipinski definition) is 4. The number of rotatable bonds is 2. The van der Waals surface area contributed by atoms with Crippen molar-refractivity contribution in [3.05, 3.63) is 16.9 Å². The number of nitrogens with zero attached hydrogens (tertiary/aromatic N) is 2. The van der Waals surface area contributed by atoms with Crippen molar-refractivity contribution < 1.29 is 14.3 Å². The molecule has 2 heterocycles. The summed E-state index contributed by atoms with van der Waals surface area (Å²) in [5, 5.41) is 0. The summed E-state index contributed by atoms with van der Waals surface area (Å²) < 4.78 is 14.3. The molecule has 0 atom stereocenters. The van der Waals surface area contributed by atoms with Crippen LogP contribution in [0.1, 0.15) is 38.5 Å². The van der Waals surface area contributed by atoms with Crippen LogP contribution in [0.25, 0.3) is 10.2 Å². The third kappa shape index (κ3) is 3.07. The summed E-state index contributed by atoms with van der Waals surface area (Å²) in [7, 11) is 1.95. The van der Waals surface area contributed by atoms with Crippen LogP contribution in [0.3, 0.4) is 0 Å². The standard InChI is InChI=1S/C18H22N2O3S/c1-20-13-10-14-15(23-8-7-22-14)11-16(13)24-18(20)19-17(21)9-12-5-3-2-4-6-12/h10-12H,2-9H2,1H3. The lowest BCUT2D eigenvalue weighted by Gasteiger charge is -2.19. The van der Waals surface area contributed by atoms with Crippen LogP contribution >= 0.6 is 11.3 Å². The van der Waals surface area contributed by atoms with E-state index in [2.05, 4.69) is 4.99 Å². The monoisotopic (exact) mass is 346 g/mol. The molecule has 0 N–H and O–H groups in total. The second-order valence-electron chi connectivity index (χ2n) is 6.62. The molecule has 2 aromatic rings. The molecule has 5 nitrogen and oxygen atoms in total. The summed E-state index contributed by atoms with van der Waals surface area (Å²) in [6.45, 7) is 1.15. The van der Waals surface area contributed by atoms with Crippen LogP contribution in [0.4, 0.5) is 0 Å². The molecule has 0 spiro atoms. The topological polar surface area (TPSA) is 52.8 Å². The van der Waals surface area contributed by atoms with Gasteiger partial charge in [-0.1, -0.05) is 30.6 Å². The zero-order valence-electron chi connectivity index (χ0n) is 13.9. The highest BCUT2D eigenvalue weighted by atomic mass is 32.1. The molecule has 1 aromatic heterocycles. The Morgan fingerprint density at radius 2 is 1.92 bits per heavy atom. The molecular weight excluding hydrogens is 324 g/mol. The summed E-state index contributed by atoms with van der Waals surface area (Å²) in [5.74, 6) is 2.06. The first kappa shape index (κ1) is 15.7. The summed E-state index contributed by atoms with van der Waals surface area (Å²) >= 11 is 1.53. The van der Waals surface area contributed by atoms with Gasteiger partial charge in [-0.25, -0.2) is 0 Å². The lowest BCUT2D eigenvalue weighted by Crippen LogP contribution is -2.17. The minimum absolute atomic E-state index is 0.00122. The van der Waals surface area contributed by atoms with Gasteiger partial charge in [0, 0.05) is 25.6 Å². The highest BCUT2D eigenvalue weighted by Crippen LogP contribution is 2.35. The molecule has 1 aromatic carbocycles. The molecule has 24 heavy (non-hydrogen) atoms. The molecule has 1 amide bonds. The molecule has 1 saturated carbocycles. The number of hydrogen-bond donors (Lipinski definition) is 0. The molecule has 1 fully saturated rings. The molecule has 0 unspecified atom stereocenters. The van der Waals surface area contributed by atoms with Crippen LogP contribution in [0.15, 0.2) is 17.1 Å². The first-order valence-corrected chi connectivity index (χ1v) is 9.49. The summed E-state index contributed by atoms with van der Waals surface area (Å²) in [6.07, 6.45) is 6.72. The second kappa shape index (κ2) is 6.59. The van der Waals surface area contributed by atoms with Crippen molar-refractivity contribution in [2.75, 3.05) is 13.2 Å². The van der Waals surface area contributed by atoms with E-state index < -0.39 is 0 Å². The average molecular weight is 346 g/mol. The van der Waals surface area contributed by atoms with Crippen molar-refractivity contribution in [1.29, 1.82) is 0 Å². The van der Waals surface area contributed by atoms with Gasteiger partial charge < -0.3 is 14.0 Å². The van der Waals surface area contributed by atoms with Gasteiger partial charge in [0.2, 0.25) is 5.91 Å². The maximum atomic E-state index is 12.3. The van der Waals surface area contributed by atoms with E-state index in [1.54, 1.807) is 0 Å². The molecule has 2 aliphatic rings. The first-order valence-electron chi connectivity index (χ1n) is 8.67. The van der Waals surface area contributed by atoms with Gasteiger partial charge in [-0.3, -0.25) is 4.79 Å². The minimum atomic E-state index is 0.00122. The van der Waals surface area contributed by atoms with Gasteiger partial charge in [0.15, 0.2) is 16.3 Å². The van der Waals surface area contributed by atoms with Crippen molar-refractivity contribution in [2.45, 2.75) is 38.5 Å². The van der Waals surface area contributed by atoms with Crippen molar-refractivity contribution in [3.63, 3.8) is 0 Å². The maximum absolute atomic E-state index is 12.3. The number of aryl methyl sites for hydroxylation is 1. The normalized spacial score (nSPS) is 19.0. The molecular formula is C18H22N2O3S. The molecule has 4 rings (SSSR count). The minimum Gasteiger partial charge on any atom is -0.486 e. The molecule has 1 aliphatic carbocycles. The predicted octanol–water partition coefficient (Wildman–Crippen LogP) is 3.41. The zero-order chi connectivity index (χ0) is 16.5. The van der Waals surface area contributed by atoms with Crippen LogP contribution < -0.4 is 14.3 Å². The van der Waals surface area contributed by atoms with Crippen molar-refractivity contribution >= 4 is 27.5 Å². The Morgan fingerprint density at radius 3 is 2.67 bits per heavy atom. The van der Waals surface area contributed by atoms with Crippen molar-refractivity contribution in [3.8, 4) is 11.5 Å². The van der Waals surface area contributed by atoms with Gasteiger partial charge in [-0.2, -0.15) is 4.99 Å². The van der Waals surface area contributed by atoms with E-state index in [-0.39, 0.29) is 5.91 Å². The quantitative estimate of drug-likeness (QED) is 0.837. The number of fused-ring (bicyclic) bond motifs is 2. The fraction of sp³-hybridized carbons (Fsp3) is 0.556. The number of aromatic nitrogens is 1. The number of amides is 1. The van der Waals surface area contributed by atoms with E-state index in [1.165, 1.54) is 43.4 Å². The predicted molar refractivity (Wildman–Crippen MR) is 93.5 cm³/mol. The maximum Gasteiger partial charge on any atom is 0.248 e. The average Bonchev–Trinajstić information content (AvgIpc) is 2.89. The number of carbonyl (C=O) groups excluding carboxylic acids is 1. The fourth-order valence-corrected chi connectivity index (χ4v) is 4.61. The van der Waals surface area contributed by atoms with Gasteiger partial charge in [0.05, 0.1) is 10.2 Å². The largest absolute Gasteiger partial charge is 0.486 e. The van der Waals surface area contributed by atoms with Gasteiger partial charge in [-0.05, 0) is 18.8 Å². The summed E-state index contributed by atoms with van der Waals surface area (Å²) in [4.78, 5) is 17.5. The van der Waals surface area contributed by atoms with Crippen LogP contribution in [-0.4, -0.2) is 23.7 Å². The van der Waals surface area contributed by atoms with Gasteiger partial charge >= 0.3 is 0 Å². The van der Waals surface area contributed by atoms with E-state index in [9.17, 15) is 4.79 Å². The highest BCUT2D eigenvalue weighted by molar-refractivity contribution is 7.16. The Hall–Kier alpha value is -1.82. The van der Waals surface area contributed by atoms with E-state index in [0.29, 0.717) is 25.6 Å². The molecule has 0 bridgehead atoms. The second-order valence-corrected chi connectivity index (χ2v) is 7.63. The first-order chi connectivity index (χ1) is 11.7. The van der Waals surface area contributed by atoms with Gasteiger partial charge in [-0.15, -0.1) is 0 Å². The summed E-state index contributed by atoms with van der Waals surface area (Å²) in [6, 6.07) is 3.96. The number of thiazole rings is 1. The lowest BCUT2D eigenvalue weighted by atomic mass is 9.87. The van der Waals surface area contributed by atoms with Crippen LogP contribution in [0.5, 0.6) is 11.5 Å². The number of benzene rings is 1. The van der Waals surface area contributed by atoms with E-state index in [0.717, 1.165) is 26.5 Å².